The topological polar surface area (TPSA) is 58.2 Å². The van der Waals surface area contributed by atoms with Gasteiger partial charge in [0.1, 0.15) is 6.42 Å². The van der Waals surface area contributed by atoms with Crippen molar-refractivity contribution < 1.29 is 9.59 Å². The molecule has 0 aliphatic heterocycles. The number of nitrogens with one attached hydrogen (secondary N) is 2. The summed E-state index contributed by atoms with van der Waals surface area (Å²) in [5, 5.41) is 5.93. The summed E-state index contributed by atoms with van der Waals surface area (Å²) in [5.74, 6) is -0.104. The van der Waals surface area contributed by atoms with Crippen molar-refractivity contribution in [3.8, 4) is 0 Å². The third kappa shape index (κ3) is 6.17. The van der Waals surface area contributed by atoms with Gasteiger partial charge in [-0.2, -0.15) is 0 Å². The zero-order valence-corrected chi connectivity index (χ0v) is 13.8. The van der Waals surface area contributed by atoms with Crippen LogP contribution in [-0.2, 0) is 9.59 Å². The smallest absolute Gasteiger partial charge is 0.233 e. The summed E-state index contributed by atoms with van der Waals surface area (Å²) >= 11 is 6.12. The Labute approximate surface area is 131 Å². The van der Waals surface area contributed by atoms with Crippen LogP contribution in [0.5, 0.6) is 0 Å². The van der Waals surface area contributed by atoms with Gasteiger partial charge in [0, 0.05) is 6.54 Å². The molecule has 0 aliphatic carbocycles. The van der Waals surface area contributed by atoms with E-state index in [1.54, 1.807) is 6.07 Å². The summed E-state index contributed by atoms with van der Waals surface area (Å²) in [6.07, 6.45) is 0.706. The Balaban J connectivity index is 2.53. The maximum atomic E-state index is 11.9. The van der Waals surface area contributed by atoms with Crippen molar-refractivity contribution in [1.29, 1.82) is 0 Å². The SMILES string of the molecule is Cc1cc(C)c(NC(=O)CC(=O)NCCC(C)C)c(Cl)c1. The molecule has 5 heteroatoms. The maximum Gasteiger partial charge on any atom is 0.233 e. The summed E-state index contributed by atoms with van der Waals surface area (Å²) in [7, 11) is 0. The van der Waals surface area contributed by atoms with Crippen LogP contribution in [-0.4, -0.2) is 18.4 Å². The molecule has 116 valence electrons. The van der Waals surface area contributed by atoms with Gasteiger partial charge in [-0.1, -0.05) is 31.5 Å². The fourth-order valence-corrected chi connectivity index (χ4v) is 2.33. The third-order valence-electron chi connectivity index (χ3n) is 3.06. The summed E-state index contributed by atoms with van der Waals surface area (Å²) < 4.78 is 0. The molecule has 0 fully saturated rings. The Kier molecular flexibility index (Phi) is 6.69. The lowest BCUT2D eigenvalue weighted by Gasteiger charge is -2.12. The molecule has 0 spiro atoms. The van der Waals surface area contributed by atoms with E-state index in [0.29, 0.717) is 23.2 Å². The molecule has 1 rings (SSSR count). The Bertz CT molecular complexity index is 504. The molecule has 0 aromatic heterocycles. The molecule has 0 atom stereocenters. The maximum absolute atomic E-state index is 11.9. The molecule has 0 saturated carbocycles. The van der Waals surface area contributed by atoms with Crippen LogP contribution in [0.2, 0.25) is 5.02 Å². The van der Waals surface area contributed by atoms with Crippen LogP contribution in [0.4, 0.5) is 5.69 Å². The molecule has 0 heterocycles. The molecule has 0 unspecified atom stereocenters. The number of hydrogen-bond acceptors (Lipinski definition) is 2. The number of aryl methyl sites for hydroxylation is 2. The van der Waals surface area contributed by atoms with Gasteiger partial charge in [0.25, 0.3) is 0 Å². The Morgan fingerprint density at radius 1 is 1.19 bits per heavy atom. The first-order chi connectivity index (χ1) is 9.79. The second-order valence-corrected chi connectivity index (χ2v) is 6.10. The molecular formula is C16H23ClN2O2. The standard InChI is InChI=1S/C16H23ClN2O2/c1-10(2)5-6-18-14(20)9-15(21)19-16-12(4)7-11(3)8-13(16)17/h7-8,10H,5-6,9H2,1-4H3,(H,18,20)(H,19,21). The molecule has 1 aromatic carbocycles. The van der Waals surface area contributed by atoms with Crippen molar-refractivity contribution in [1.82, 2.24) is 5.32 Å². The van der Waals surface area contributed by atoms with E-state index in [9.17, 15) is 9.59 Å². The minimum Gasteiger partial charge on any atom is -0.356 e. The number of anilines is 1. The first-order valence-corrected chi connectivity index (χ1v) is 7.50. The summed E-state index contributed by atoms with van der Waals surface area (Å²) in [6.45, 7) is 8.57. The van der Waals surface area contributed by atoms with Crippen LogP contribution in [0, 0.1) is 19.8 Å². The fourth-order valence-electron chi connectivity index (χ4n) is 1.97. The number of amides is 2. The summed E-state index contributed by atoms with van der Waals surface area (Å²) in [6, 6.07) is 3.72. The minimum absolute atomic E-state index is 0.193. The van der Waals surface area contributed by atoms with E-state index in [2.05, 4.69) is 24.5 Å². The van der Waals surface area contributed by atoms with Gasteiger partial charge in [0.05, 0.1) is 10.7 Å². The van der Waals surface area contributed by atoms with Gasteiger partial charge >= 0.3 is 0 Å². The van der Waals surface area contributed by atoms with Gasteiger partial charge in [-0.05, 0) is 43.4 Å². The largest absolute Gasteiger partial charge is 0.356 e. The summed E-state index contributed by atoms with van der Waals surface area (Å²) in [5.41, 5.74) is 2.48. The van der Waals surface area contributed by atoms with E-state index >= 15 is 0 Å². The molecular weight excluding hydrogens is 288 g/mol. The Hall–Kier alpha value is -1.55. The molecule has 0 radical (unpaired) electrons. The highest BCUT2D eigenvalue weighted by Gasteiger charge is 2.13. The Morgan fingerprint density at radius 3 is 2.43 bits per heavy atom. The number of halogens is 1. The van der Waals surface area contributed by atoms with Crippen LogP contribution in [0.3, 0.4) is 0 Å². The molecule has 2 N–H and O–H groups in total. The molecule has 0 bridgehead atoms. The average Bonchev–Trinajstić information content (AvgIpc) is 2.33. The van der Waals surface area contributed by atoms with E-state index in [4.69, 9.17) is 11.6 Å². The number of rotatable bonds is 6. The van der Waals surface area contributed by atoms with Gasteiger partial charge in [0.15, 0.2) is 0 Å². The van der Waals surface area contributed by atoms with Crippen molar-refractivity contribution in [2.75, 3.05) is 11.9 Å². The first-order valence-electron chi connectivity index (χ1n) is 7.13. The molecule has 4 nitrogen and oxygen atoms in total. The van der Waals surface area contributed by atoms with E-state index in [0.717, 1.165) is 17.5 Å². The van der Waals surface area contributed by atoms with Crippen molar-refractivity contribution in [3.05, 3.63) is 28.3 Å². The molecule has 2 amide bonds. The Morgan fingerprint density at radius 2 is 1.86 bits per heavy atom. The van der Waals surface area contributed by atoms with Crippen LogP contribution < -0.4 is 10.6 Å². The highest BCUT2D eigenvalue weighted by atomic mass is 35.5. The predicted octanol–water partition coefficient (Wildman–Crippen LogP) is 3.45. The second-order valence-electron chi connectivity index (χ2n) is 5.70. The summed E-state index contributed by atoms with van der Waals surface area (Å²) in [4.78, 5) is 23.5. The molecule has 0 saturated heterocycles. The lowest BCUT2D eigenvalue weighted by atomic mass is 10.1. The van der Waals surface area contributed by atoms with Crippen LogP contribution in [0.15, 0.2) is 12.1 Å². The molecule has 21 heavy (non-hydrogen) atoms. The second kappa shape index (κ2) is 8.03. The highest BCUT2D eigenvalue weighted by molar-refractivity contribution is 6.34. The van der Waals surface area contributed by atoms with Crippen molar-refractivity contribution in [3.63, 3.8) is 0 Å². The van der Waals surface area contributed by atoms with Crippen LogP contribution >= 0.6 is 11.6 Å². The highest BCUT2D eigenvalue weighted by Crippen LogP contribution is 2.27. The zero-order valence-electron chi connectivity index (χ0n) is 13.0. The van der Waals surface area contributed by atoms with E-state index in [1.807, 2.05) is 19.9 Å². The van der Waals surface area contributed by atoms with E-state index in [1.165, 1.54) is 0 Å². The quantitative estimate of drug-likeness (QED) is 0.791. The minimum atomic E-state index is -0.356. The van der Waals surface area contributed by atoms with E-state index in [-0.39, 0.29) is 18.2 Å². The van der Waals surface area contributed by atoms with Gasteiger partial charge in [0.2, 0.25) is 11.8 Å². The number of carbonyl (C=O) groups excluding carboxylic acids is 2. The van der Waals surface area contributed by atoms with Crippen molar-refractivity contribution in [2.24, 2.45) is 5.92 Å². The average molecular weight is 311 g/mol. The van der Waals surface area contributed by atoms with Crippen molar-refractivity contribution >= 4 is 29.1 Å². The van der Waals surface area contributed by atoms with Crippen molar-refractivity contribution in [2.45, 2.75) is 40.5 Å². The van der Waals surface area contributed by atoms with Crippen LogP contribution in [0.1, 0.15) is 37.8 Å². The van der Waals surface area contributed by atoms with Gasteiger partial charge in [-0.15, -0.1) is 0 Å². The fraction of sp³-hybridized carbons (Fsp3) is 0.500. The normalized spacial score (nSPS) is 10.6. The third-order valence-corrected chi connectivity index (χ3v) is 3.36. The number of benzene rings is 1. The zero-order chi connectivity index (χ0) is 16.0. The lowest BCUT2D eigenvalue weighted by Crippen LogP contribution is -2.29. The first kappa shape index (κ1) is 17.5. The van der Waals surface area contributed by atoms with Gasteiger partial charge in [-0.25, -0.2) is 0 Å². The number of hydrogen-bond donors (Lipinski definition) is 2. The molecule has 1 aromatic rings. The van der Waals surface area contributed by atoms with Crippen LogP contribution in [0.25, 0.3) is 0 Å². The molecule has 0 aliphatic rings. The van der Waals surface area contributed by atoms with E-state index < -0.39 is 0 Å². The van der Waals surface area contributed by atoms with Gasteiger partial charge < -0.3 is 10.6 Å². The predicted molar refractivity (Wildman–Crippen MR) is 86.6 cm³/mol. The van der Waals surface area contributed by atoms with Gasteiger partial charge in [-0.3, -0.25) is 9.59 Å². The lowest BCUT2D eigenvalue weighted by molar-refractivity contribution is -0.126. The monoisotopic (exact) mass is 310 g/mol. The number of carbonyl (C=O) groups is 2.